The number of Topliss-reactive ketones (excluding diaryl/α,β-unsaturated/α-hetero) is 1. The number of benzene rings is 2. The van der Waals surface area contributed by atoms with Crippen molar-refractivity contribution in [2.24, 2.45) is 0 Å². The van der Waals surface area contributed by atoms with Gasteiger partial charge in [0.1, 0.15) is 0 Å². The highest BCUT2D eigenvalue weighted by Crippen LogP contribution is 2.27. The van der Waals surface area contributed by atoms with Gasteiger partial charge < -0.3 is 9.88 Å². The number of pyridine rings is 1. The average Bonchev–Trinajstić information content (AvgIpc) is 3.26. The zero-order chi connectivity index (χ0) is 23.9. The maximum atomic E-state index is 12.8. The van der Waals surface area contributed by atoms with Gasteiger partial charge in [0.25, 0.3) is 0 Å². The summed E-state index contributed by atoms with van der Waals surface area (Å²) in [5, 5.41) is 12.0. The number of aromatic nitrogens is 4. The Kier molecular flexibility index (Phi) is 7.49. The topological polar surface area (TPSA) is 89.8 Å². The second-order valence-electron chi connectivity index (χ2n) is 7.82. The second-order valence-corrected chi connectivity index (χ2v) is 9.13. The van der Waals surface area contributed by atoms with Crippen LogP contribution in [-0.4, -0.2) is 36.7 Å². The van der Waals surface area contributed by atoms with Gasteiger partial charge in [-0.15, -0.1) is 10.2 Å². The molecule has 0 spiro atoms. The van der Waals surface area contributed by atoms with Crippen molar-refractivity contribution in [3.63, 3.8) is 0 Å². The molecule has 1 amide bonds. The molecular formula is C26H25N5O2S. The summed E-state index contributed by atoms with van der Waals surface area (Å²) in [6.07, 6.45) is 4.29. The van der Waals surface area contributed by atoms with Crippen LogP contribution in [0.2, 0.25) is 0 Å². The predicted molar refractivity (Wildman–Crippen MR) is 134 cm³/mol. The summed E-state index contributed by atoms with van der Waals surface area (Å²) in [5.41, 5.74) is 3.33. The number of anilines is 1. The number of ketones is 1. The van der Waals surface area contributed by atoms with Crippen molar-refractivity contribution in [3.05, 3.63) is 90.3 Å². The third-order valence-corrected chi connectivity index (χ3v) is 6.39. The Morgan fingerprint density at radius 3 is 2.44 bits per heavy atom. The van der Waals surface area contributed by atoms with Crippen LogP contribution >= 0.6 is 11.8 Å². The molecule has 8 heteroatoms. The van der Waals surface area contributed by atoms with Gasteiger partial charge in [0.2, 0.25) is 5.91 Å². The maximum absolute atomic E-state index is 12.8. The molecule has 2 aromatic carbocycles. The lowest BCUT2D eigenvalue weighted by atomic mass is 10.1. The van der Waals surface area contributed by atoms with E-state index >= 15 is 0 Å². The van der Waals surface area contributed by atoms with Gasteiger partial charge in [-0.3, -0.25) is 14.6 Å². The molecule has 0 aliphatic carbocycles. The van der Waals surface area contributed by atoms with Crippen LogP contribution < -0.4 is 5.32 Å². The number of amides is 1. The van der Waals surface area contributed by atoms with Crippen molar-refractivity contribution in [2.45, 2.75) is 37.2 Å². The van der Waals surface area contributed by atoms with Crippen LogP contribution in [0.15, 0.2) is 84.3 Å². The SMILES string of the molecule is CC(=O)c1ccc(NC(=O)C(C)Sc2nnc(-c3cccnc3)n2CCc2ccccc2)cc1. The Morgan fingerprint density at radius 1 is 1.00 bits per heavy atom. The highest BCUT2D eigenvalue weighted by Gasteiger charge is 2.21. The first kappa shape index (κ1) is 23.4. The molecule has 34 heavy (non-hydrogen) atoms. The van der Waals surface area contributed by atoms with E-state index in [2.05, 4.69) is 32.6 Å². The summed E-state index contributed by atoms with van der Waals surface area (Å²) in [4.78, 5) is 28.5. The van der Waals surface area contributed by atoms with Crippen LogP contribution in [0.5, 0.6) is 0 Å². The molecule has 0 radical (unpaired) electrons. The lowest BCUT2D eigenvalue weighted by Crippen LogP contribution is -2.23. The van der Waals surface area contributed by atoms with Crippen LogP contribution in [-0.2, 0) is 17.8 Å². The van der Waals surface area contributed by atoms with Gasteiger partial charge in [-0.25, -0.2) is 0 Å². The minimum atomic E-state index is -0.408. The first-order valence-electron chi connectivity index (χ1n) is 11.0. The van der Waals surface area contributed by atoms with Crippen molar-refractivity contribution in [1.29, 1.82) is 0 Å². The Bertz CT molecular complexity index is 1260. The molecule has 0 saturated heterocycles. The summed E-state index contributed by atoms with van der Waals surface area (Å²) >= 11 is 1.36. The largest absolute Gasteiger partial charge is 0.325 e. The number of rotatable bonds is 9. The number of nitrogens with zero attached hydrogens (tertiary/aromatic N) is 4. The molecule has 0 fully saturated rings. The summed E-state index contributed by atoms with van der Waals surface area (Å²) in [6, 6.07) is 20.9. The molecule has 0 aliphatic rings. The third-order valence-electron chi connectivity index (χ3n) is 5.31. The normalized spacial score (nSPS) is 11.7. The van der Waals surface area contributed by atoms with Gasteiger partial charge in [0.05, 0.1) is 5.25 Å². The number of hydrogen-bond donors (Lipinski definition) is 1. The molecule has 172 valence electrons. The smallest absolute Gasteiger partial charge is 0.237 e. The molecule has 0 bridgehead atoms. The number of carbonyl (C=O) groups is 2. The first-order valence-corrected chi connectivity index (χ1v) is 11.9. The van der Waals surface area contributed by atoms with E-state index in [1.165, 1.54) is 24.2 Å². The van der Waals surface area contributed by atoms with Crippen LogP contribution in [0.4, 0.5) is 5.69 Å². The van der Waals surface area contributed by atoms with Crippen molar-refractivity contribution in [1.82, 2.24) is 19.7 Å². The summed E-state index contributed by atoms with van der Waals surface area (Å²) < 4.78 is 2.04. The number of nitrogens with one attached hydrogen (secondary N) is 1. The van der Waals surface area contributed by atoms with Crippen LogP contribution in [0, 0.1) is 0 Å². The first-order chi connectivity index (χ1) is 16.5. The van der Waals surface area contributed by atoms with Crippen LogP contribution in [0.3, 0.4) is 0 Å². The third kappa shape index (κ3) is 5.77. The summed E-state index contributed by atoms with van der Waals surface area (Å²) in [7, 11) is 0. The molecule has 4 aromatic rings. The molecular weight excluding hydrogens is 446 g/mol. The molecule has 1 unspecified atom stereocenters. The fourth-order valence-electron chi connectivity index (χ4n) is 3.42. The summed E-state index contributed by atoms with van der Waals surface area (Å²) in [6.45, 7) is 4.02. The average molecular weight is 472 g/mol. The van der Waals surface area contributed by atoms with Crippen molar-refractivity contribution >= 4 is 29.1 Å². The molecule has 1 N–H and O–H groups in total. The number of aryl methyl sites for hydroxylation is 1. The van der Waals surface area contributed by atoms with E-state index in [-0.39, 0.29) is 11.7 Å². The van der Waals surface area contributed by atoms with Crippen molar-refractivity contribution < 1.29 is 9.59 Å². The van der Waals surface area contributed by atoms with Gasteiger partial charge in [-0.2, -0.15) is 0 Å². The summed E-state index contributed by atoms with van der Waals surface area (Å²) in [5.74, 6) is 0.557. The molecule has 7 nitrogen and oxygen atoms in total. The van der Waals surface area contributed by atoms with E-state index in [4.69, 9.17) is 0 Å². The van der Waals surface area contributed by atoms with Gasteiger partial charge in [0.15, 0.2) is 16.8 Å². The fourth-order valence-corrected chi connectivity index (χ4v) is 4.29. The minimum absolute atomic E-state index is 0.0129. The second kappa shape index (κ2) is 10.9. The van der Waals surface area contributed by atoms with Crippen LogP contribution in [0.1, 0.15) is 29.8 Å². The van der Waals surface area contributed by atoms with Gasteiger partial charge in [-0.1, -0.05) is 42.1 Å². The van der Waals surface area contributed by atoms with E-state index in [0.717, 1.165) is 17.8 Å². The van der Waals surface area contributed by atoms with E-state index in [1.807, 2.05) is 41.8 Å². The lowest BCUT2D eigenvalue weighted by molar-refractivity contribution is -0.115. The Hall–Kier alpha value is -3.78. The maximum Gasteiger partial charge on any atom is 0.237 e. The number of hydrogen-bond acceptors (Lipinski definition) is 6. The fraction of sp³-hybridized carbons (Fsp3) is 0.192. The Balaban J connectivity index is 1.51. The molecule has 0 aliphatic heterocycles. The quantitative estimate of drug-likeness (QED) is 0.276. The van der Waals surface area contributed by atoms with Crippen molar-refractivity contribution in [3.8, 4) is 11.4 Å². The lowest BCUT2D eigenvalue weighted by Gasteiger charge is -2.14. The van der Waals surface area contributed by atoms with E-state index in [9.17, 15) is 9.59 Å². The van der Waals surface area contributed by atoms with E-state index < -0.39 is 5.25 Å². The van der Waals surface area contributed by atoms with Gasteiger partial charge in [0, 0.05) is 35.8 Å². The van der Waals surface area contributed by atoms with E-state index in [1.54, 1.807) is 36.7 Å². The highest BCUT2D eigenvalue weighted by molar-refractivity contribution is 8.00. The standard InChI is InChI=1S/C26H25N5O2S/c1-18(32)21-10-12-23(13-11-21)28-25(33)19(2)34-26-30-29-24(22-9-6-15-27-17-22)31(26)16-14-20-7-4-3-5-8-20/h3-13,15,17,19H,14,16H2,1-2H3,(H,28,33). The molecule has 2 heterocycles. The number of carbonyl (C=O) groups excluding carboxylic acids is 2. The predicted octanol–water partition coefficient (Wildman–Crippen LogP) is 4.90. The Morgan fingerprint density at radius 2 is 1.76 bits per heavy atom. The van der Waals surface area contributed by atoms with Gasteiger partial charge in [-0.05, 0) is 62.2 Å². The molecule has 4 rings (SSSR count). The van der Waals surface area contributed by atoms with Crippen molar-refractivity contribution in [2.75, 3.05) is 5.32 Å². The Labute approximate surface area is 202 Å². The highest BCUT2D eigenvalue weighted by atomic mass is 32.2. The minimum Gasteiger partial charge on any atom is -0.325 e. The molecule has 1 atom stereocenters. The number of thioether (sulfide) groups is 1. The van der Waals surface area contributed by atoms with E-state index in [0.29, 0.717) is 23.0 Å². The molecule has 2 aromatic heterocycles. The zero-order valence-electron chi connectivity index (χ0n) is 19.0. The van der Waals surface area contributed by atoms with Crippen LogP contribution in [0.25, 0.3) is 11.4 Å². The molecule has 0 saturated carbocycles. The zero-order valence-corrected chi connectivity index (χ0v) is 19.8. The monoisotopic (exact) mass is 471 g/mol. The van der Waals surface area contributed by atoms with Gasteiger partial charge >= 0.3 is 0 Å².